The van der Waals surface area contributed by atoms with Gasteiger partial charge in [0.25, 0.3) is 0 Å². The number of aldehydes is 1. The maximum absolute atomic E-state index is 12.1. The number of hydrogen-bond donors (Lipinski definition) is 1. The van der Waals surface area contributed by atoms with Gasteiger partial charge in [-0.15, -0.1) is 0 Å². The van der Waals surface area contributed by atoms with Crippen molar-refractivity contribution in [2.45, 2.75) is 20.0 Å². The van der Waals surface area contributed by atoms with Crippen LogP contribution in [-0.2, 0) is 17.9 Å². The van der Waals surface area contributed by atoms with Gasteiger partial charge in [-0.25, -0.2) is 0 Å². The summed E-state index contributed by atoms with van der Waals surface area (Å²) in [5.74, 6) is 0.578. The smallest absolute Gasteiger partial charge is 0.240 e. The van der Waals surface area contributed by atoms with Crippen LogP contribution in [0.2, 0.25) is 0 Å². The SMILES string of the molecule is Cc1c(C=O)c2ccccc2n1CC(=O)NCc1ccco1. The molecule has 0 bridgehead atoms. The number of nitrogens with zero attached hydrogens (tertiary/aromatic N) is 1. The van der Waals surface area contributed by atoms with E-state index in [-0.39, 0.29) is 12.5 Å². The van der Waals surface area contributed by atoms with Crippen molar-refractivity contribution >= 4 is 23.1 Å². The molecular formula is C17H16N2O3. The Morgan fingerprint density at radius 2 is 2.09 bits per heavy atom. The lowest BCUT2D eigenvalue weighted by Crippen LogP contribution is -2.27. The van der Waals surface area contributed by atoms with Crippen LogP contribution in [0.25, 0.3) is 10.9 Å². The fourth-order valence-corrected chi connectivity index (χ4v) is 2.61. The second-order valence-electron chi connectivity index (χ2n) is 5.08. The van der Waals surface area contributed by atoms with E-state index in [1.54, 1.807) is 18.4 Å². The van der Waals surface area contributed by atoms with E-state index >= 15 is 0 Å². The molecular weight excluding hydrogens is 280 g/mol. The van der Waals surface area contributed by atoms with E-state index in [9.17, 15) is 9.59 Å². The van der Waals surface area contributed by atoms with E-state index in [1.807, 2.05) is 35.8 Å². The first-order chi connectivity index (χ1) is 10.7. The second kappa shape index (κ2) is 5.89. The van der Waals surface area contributed by atoms with Gasteiger partial charge in [0.05, 0.1) is 12.8 Å². The summed E-state index contributed by atoms with van der Waals surface area (Å²) in [6.45, 7) is 2.37. The Labute approximate surface area is 127 Å². The number of hydrogen-bond acceptors (Lipinski definition) is 3. The van der Waals surface area contributed by atoms with Crippen molar-refractivity contribution < 1.29 is 14.0 Å². The lowest BCUT2D eigenvalue weighted by Gasteiger charge is -2.08. The molecule has 112 valence electrons. The Morgan fingerprint density at radius 3 is 2.82 bits per heavy atom. The van der Waals surface area contributed by atoms with E-state index in [0.29, 0.717) is 17.9 Å². The molecule has 0 aliphatic carbocycles. The molecule has 0 saturated heterocycles. The van der Waals surface area contributed by atoms with Crippen molar-refractivity contribution in [2.24, 2.45) is 0 Å². The number of benzene rings is 1. The molecule has 0 unspecified atom stereocenters. The molecule has 0 atom stereocenters. The van der Waals surface area contributed by atoms with Crippen molar-refractivity contribution in [3.63, 3.8) is 0 Å². The number of fused-ring (bicyclic) bond motifs is 1. The van der Waals surface area contributed by atoms with Crippen LogP contribution >= 0.6 is 0 Å². The van der Waals surface area contributed by atoms with Gasteiger partial charge in [-0.05, 0) is 25.1 Å². The summed E-state index contributed by atoms with van der Waals surface area (Å²) in [7, 11) is 0. The highest BCUT2D eigenvalue weighted by molar-refractivity contribution is 5.99. The minimum atomic E-state index is -0.127. The summed E-state index contributed by atoms with van der Waals surface area (Å²) < 4.78 is 7.04. The van der Waals surface area contributed by atoms with Gasteiger partial charge in [-0.3, -0.25) is 9.59 Å². The lowest BCUT2D eigenvalue weighted by molar-refractivity contribution is -0.121. The van der Waals surface area contributed by atoms with Crippen LogP contribution < -0.4 is 5.32 Å². The molecule has 0 aliphatic heterocycles. The third-order valence-corrected chi connectivity index (χ3v) is 3.74. The summed E-state index contributed by atoms with van der Waals surface area (Å²) in [4.78, 5) is 23.4. The zero-order valence-corrected chi connectivity index (χ0v) is 12.2. The van der Waals surface area contributed by atoms with Gasteiger partial charge in [0.1, 0.15) is 12.3 Å². The summed E-state index contributed by atoms with van der Waals surface area (Å²) in [6, 6.07) is 11.2. The normalized spacial score (nSPS) is 10.8. The molecule has 1 aromatic carbocycles. The molecule has 5 nitrogen and oxygen atoms in total. The minimum Gasteiger partial charge on any atom is -0.467 e. The minimum absolute atomic E-state index is 0.127. The Morgan fingerprint density at radius 1 is 1.27 bits per heavy atom. The van der Waals surface area contributed by atoms with E-state index in [0.717, 1.165) is 22.9 Å². The number of carbonyl (C=O) groups excluding carboxylic acids is 2. The molecule has 1 N–H and O–H groups in total. The van der Waals surface area contributed by atoms with Crippen molar-refractivity contribution in [1.29, 1.82) is 0 Å². The van der Waals surface area contributed by atoms with E-state index in [4.69, 9.17) is 4.42 Å². The molecule has 5 heteroatoms. The first kappa shape index (κ1) is 14.1. The Kier molecular flexibility index (Phi) is 3.78. The van der Waals surface area contributed by atoms with Gasteiger partial charge in [0.2, 0.25) is 5.91 Å². The summed E-state index contributed by atoms with van der Waals surface area (Å²) in [5.41, 5.74) is 2.31. The topological polar surface area (TPSA) is 64.2 Å². The first-order valence-corrected chi connectivity index (χ1v) is 7.03. The number of nitrogens with one attached hydrogen (secondary N) is 1. The van der Waals surface area contributed by atoms with Crippen molar-refractivity contribution in [2.75, 3.05) is 0 Å². The molecule has 22 heavy (non-hydrogen) atoms. The van der Waals surface area contributed by atoms with Gasteiger partial charge in [-0.2, -0.15) is 0 Å². The van der Waals surface area contributed by atoms with E-state index < -0.39 is 0 Å². The molecule has 2 aromatic heterocycles. The van der Waals surface area contributed by atoms with Gasteiger partial charge in [0.15, 0.2) is 6.29 Å². The Balaban J connectivity index is 1.82. The third kappa shape index (κ3) is 2.53. The highest BCUT2D eigenvalue weighted by Crippen LogP contribution is 2.24. The van der Waals surface area contributed by atoms with Gasteiger partial charge >= 0.3 is 0 Å². The average Bonchev–Trinajstić information content (AvgIpc) is 3.13. The highest BCUT2D eigenvalue weighted by Gasteiger charge is 2.15. The molecule has 2 heterocycles. The standard InChI is InChI=1S/C17H16N2O3/c1-12-15(11-20)14-6-2-3-7-16(14)19(12)10-17(21)18-9-13-5-4-8-22-13/h2-8,11H,9-10H2,1H3,(H,18,21). The monoisotopic (exact) mass is 296 g/mol. The summed E-state index contributed by atoms with van der Waals surface area (Å²) >= 11 is 0. The van der Waals surface area contributed by atoms with Crippen LogP contribution in [-0.4, -0.2) is 16.8 Å². The largest absolute Gasteiger partial charge is 0.467 e. The summed E-state index contributed by atoms with van der Waals surface area (Å²) in [6.07, 6.45) is 2.41. The number of carbonyl (C=O) groups is 2. The number of furan rings is 1. The van der Waals surface area contributed by atoms with Gasteiger partial charge in [0, 0.05) is 22.2 Å². The second-order valence-corrected chi connectivity index (χ2v) is 5.08. The molecule has 0 spiro atoms. The first-order valence-electron chi connectivity index (χ1n) is 7.03. The van der Waals surface area contributed by atoms with Crippen LogP contribution in [0.3, 0.4) is 0 Å². The van der Waals surface area contributed by atoms with Gasteiger partial charge < -0.3 is 14.3 Å². The molecule has 0 saturated carbocycles. The van der Waals surface area contributed by atoms with Crippen LogP contribution in [0.1, 0.15) is 21.8 Å². The molecule has 0 fully saturated rings. The number of amides is 1. The fraction of sp³-hybridized carbons (Fsp3) is 0.176. The molecule has 1 amide bonds. The Hall–Kier alpha value is -2.82. The van der Waals surface area contributed by atoms with Crippen LogP contribution in [0.15, 0.2) is 47.1 Å². The maximum Gasteiger partial charge on any atom is 0.240 e. The molecule has 0 aliphatic rings. The van der Waals surface area contributed by atoms with Crippen LogP contribution in [0.5, 0.6) is 0 Å². The molecule has 3 aromatic rings. The predicted molar refractivity (Wildman–Crippen MR) is 82.6 cm³/mol. The average molecular weight is 296 g/mol. The highest BCUT2D eigenvalue weighted by atomic mass is 16.3. The molecule has 0 radical (unpaired) electrons. The van der Waals surface area contributed by atoms with E-state index in [2.05, 4.69) is 5.32 Å². The van der Waals surface area contributed by atoms with Crippen molar-refractivity contribution in [3.05, 3.63) is 59.7 Å². The predicted octanol–water partition coefficient (Wildman–Crippen LogP) is 2.67. The number of para-hydroxylation sites is 1. The van der Waals surface area contributed by atoms with Crippen molar-refractivity contribution in [1.82, 2.24) is 9.88 Å². The van der Waals surface area contributed by atoms with Crippen LogP contribution in [0, 0.1) is 6.92 Å². The van der Waals surface area contributed by atoms with Gasteiger partial charge in [-0.1, -0.05) is 18.2 Å². The van der Waals surface area contributed by atoms with E-state index in [1.165, 1.54) is 0 Å². The maximum atomic E-state index is 12.1. The number of aromatic nitrogens is 1. The van der Waals surface area contributed by atoms with Crippen molar-refractivity contribution in [3.8, 4) is 0 Å². The number of rotatable bonds is 5. The summed E-state index contributed by atoms with van der Waals surface area (Å²) in [5, 5.41) is 3.68. The quantitative estimate of drug-likeness (QED) is 0.736. The lowest BCUT2D eigenvalue weighted by atomic mass is 10.1. The Bertz CT molecular complexity index is 816. The third-order valence-electron chi connectivity index (χ3n) is 3.74. The molecule has 3 rings (SSSR count). The fourth-order valence-electron chi connectivity index (χ4n) is 2.61. The van der Waals surface area contributed by atoms with Crippen LogP contribution in [0.4, 0.5) is 0 Å². The zero-order chi connectivity index (χ0) is 15.5. The zero-order valence-electron chi connectivity index (χ0n) is 12.2.